The first-order valence-corrected chi connectivity index (χ1v) is 19.7. The summed E-state index contributed by atoms with van der Waals surface area (Å²) in [4.78, 5) is 45.2. The van der Waals surface area contributed by atoms with Crippen molar-refractivity contribution in [2.75, 3.05) is 0 Å². The van der Waals surface area contributed by atoms with Crippen molar-refractivity contribution in [1.29, 1.82) is 0 Å². The molecule has 6 aromatic rings. The van der Waals surface area contributed by atoms with Gasteiger partial charge in [-0.2, -0.15) is 20.2 Å². The van der Waals surface area contributed by atoms with Gasteiger partial charge in [0.15, 0.2) is 0 Å². The number of pyridine rings is 2. The van der Waals surface area contributed by atoms with Crippen LogP contribution in [0.25, 0.3) is 22.8 Å². The van der Waals surface area contributed by atoms with Crippen LogP contribution in [0, 0.1) is 0 Å². The SMILES string of the molecule is C[C@H](NC(=O)c1cc(C(F)F)nn1C)c1nc(-c2ccnc(C3CCC3c3cc(-c4noc([C@H](C)NC(=O)c5ccnn5C5CCC5)n4)cc(C4CCC4)n3)c2)no1. The Kier molecular flexibility index (Phi) is 9.85. The van der Waals surface area contributed by atoms with E-state index in [0.29, 0.717) is 34.7 Å². The predicted molar refractivity (Wildman–Crippen MR) is 201 cm³/mol. The van der Waals surface area contributed by atoms with Crippen LogP contribution in [-0.4, -0.2) is 61.6 Å². The number of aromatic nitrogens is 10. The maximum atomic E-state index is 13.2. The zero-order valence-electron chi connectivity index (χ0n) is 32.2. The highest BCUT2D eigenvalue weighted by atomic mass is 19.3. The molecule has 4 atom stereocenters. The lowest BCUT2D eigenvalue weighted by Gasteiger charge is -2.37. The number of carbonyl (C=O) groups excluding carboxylic acids is 2. The van der Waals surface area contributed by atoms with Crippen molar-refractivity contribution in [3.8, 4) is 22.8 Å². The van der Waals surface area contributed by atoms with Crippen LogP contribution in [0.1, 0.15) is 163 Å². The van der Waals surface area contributed by atoms with Gasteiger partial charge in [-0.3, -0.25) is 28.9 Å². The van der Waals surface area contributed by atoms with Crippen molar-refractivity contribution in [2.45, 2.75) is 108 Å². The molecule has 3 aliphatic carbocycles. The lowest BCUT2D eigenvalue weighted by molar-refractivity contribution is 0.0909. The molecule has 9 rings (SSSR count). The molecular formula is C40H42F2N12O4. The largest absolute Gasteiger partial charge is 0.339 e. The lowest BCUT2D eigenvalue weighted by Crippen LogP contribution is -2.31. The third kappa shape index (κ3) is 7.15. The molecule has 2 unspecified atom stereocenters. The molecule has 6 heterocycles. The van der Waals surface area contributed by atoms with E-state index in [2.05, 4.69) is 42.2 Å². The van der Waals surface area contributed by atoms with E-state index in [1.807, 2.05) is 19.1 Å². The Morgan fingerprint density at radius 3 is 1.97 bits per heavy atom. The van der Waals surface area contributed by atoms with Gasteiger partial charge in [0, 0.05) is 65.4 Å². The lowest BCUT2D eigenvalue weighted by atomic mass is 9.69. The molecule has 18 heteroatoms. The van der Waals surface area contributed by atoms with E-state index in [0.717, 1.165) is 84.8 Å². The van der Waals surface area contributed by atoms with E-state index in [1.54, 1.807) is 36.1 Å². The van der Waals surface area contributed by atoms with Crippen LogP contribution < -0.4 is 10.6 Å². The summed E-state index contributed by atoms with van der Waals surface area (Å²) in [6, 6.07) is 9.66. The van der Waals surface area contributed by atoms with Gasteiger partial charge in [-0.05, 0) is 95.2 Å². The van der Waals surface area contributed by atoms with Gasteiger partial charge < -0.3 is 19.7 Å². The minimum absolute atomic E-state index is 0.0168. The average molecular weight is 793 g/mol. The molecule has 3 saturated carbocycles. The predicted octanol–water partition coefficient (Wildman–Crippen LogP) is 7.08. The Morgan fingerprint density at radius 2 is 1.36 bits per heavy atom. The van der Waals surface area contributed by atoms with Crippen molar-refractivity contribution in [2.24, 2.45) is 7.05 Å². The van der Waals surface area contributed by atoms with Gasteiger partial charge >= 0.3 is 0 Å². The normalized spacial score (nSPS) is 19.3. The van der Waals surface area contributed by atoms with Gasteiger partial charge in [-0.25, -0.2) is 8.78 Å². The van der Waals surface area contributed by atoms with E-state index >= 15 is 0 Å². The highest BCUT2D eigenvalue weighted by Gasteiger charge is 2.37. The molecule has 16 nitrogen and oxygen atoms in total. The summed E-state index contributed by atoms with van der Waals surface area (Å²) in [5.41, 5.74) is 4.36. The van der Waals surface area contributed by atoms with E-state index in [-0.39, 0.29) is 35.4 Å². The number of alkyl halides is 2. The molecule has 3 aliphatic rings. The summed E-state index contributed by atoms with van der Waals surface area (Å²) in [5.74, 6) is 0.933. The first kappa shape index (κ1) is 37.4. The Morgan fingerprint density at radius 1 is 0.741 bits per heavy atom. The Labute approximate surface area is 331 Å². The third-order valence-corrected chi connectivity index (χ3v) is 11.7. The van der Waals surface area contributed by atoms with E-state index in [1.165, 1.54) is 7.05 Å². The number of hydrogen-bond donors (Lipinski definition) is 2. The van der Waals surface area contributed by atoms with Crippen LogP contribution in [0.3, 0.4) is 0 Å². The Hall–Kier alpha value is -6.20. The number of nitrogens with one attached hydrogen (secondary N) is 2. The smallest absolute Gasteiger partial charge is 0.282 e. The van der Waals surface area contributed by atoms with E-state index in [9.17, 15) is 18.4 Å². The minimum Gasteiger partial charge on any atom is -0.339 e. The van der Waals surface area contributed by atoms with Gasteiger partial charge in [0.05, 0.1) is 6.04 Å². The molecule has 0 saturated heterocycles. The second kappa shape index (κ2) is 15.3. The van der Waals surface area contributed by atoms with Crippen molar-refractivity contribution in [3.05, 3.63) is 94.7 Å². The van der Waals surface area contributed by atoms with Crippen LogP contribution in [0.5, 0.6) is 0 Å². The Balaban J connectivity index is 0.904. The third-order valence-electron chi connectivity index (χ3n) is 11.7. The van der Waals surface area contributed by atoms with Crippen molar-refractivity contribution >= 4 is 11.8 Å². The van der Waals surface area contributed by atoms with Gasteiger partial charge in [0.1, 0.15) is 29.2 Å². The average Bonchev–Trinajstić information content (AvgIpc) is 3.97. The van der Waals surface area contributed by atoms with Gasteiger partial charge in [0.2, 0.25) is 23.4 Å². The second-order valence-electron chi connectivity index (χ2n) is 15.5. The summed E-state index contributed by atoms with van der Waals surface area (Å²) in [5, 5.41) is 22.3. The molecule has 0 aromatic carbocycles. The summed E-state index contributed by atoms with van der Waals surface area (Å²) in [6.45, 7) is 3.49. The van der Waals surface area contributed by atoms with Crippen molar-refractivity contribution in [3.63, 3.8) is 0 Å². The molecule has 6 aromatic heterocycles. The fourth-order valence-electron chi connectivity index (χ4n) is 7.75. The number of rotatable bonds is 13. The molecule has 0 spiro atoms. The van der Waals surface area contributed by atoms with Gasteiger partial charge in [-0.1, -0.05) is 16.7 Å². The first-order chi connectivity index (χ1) is 28.1. The van der Waals surface area contributed by atoms with Gasteiger partial charge in [-0.15, -0.1) is 0 Å². The minimum atomic E-state index is -2.79. The van der Waals surface area contributed by atoms with Gasteiger partial charge in [0.25, 0.3) is 18.2 Å². The highest BCUT2D eigenvalue weighted by molar-refractivity contribution is 5.93. The number of hydrogen-bond acceptors (Lipinski definition) is 12. The zero-order valence-corrected chi connectivity index (χ0v) is 32.2. The maximum Gasteiger partial charge on any atom is 0.282 e. The summed E-state index contributed by atoms with van der Waals surface area (Å²) in [7, 11) is 1.42. The number of aryl methyl sites for hydroxylation is 1. The first-order valence-electron chi connectivity index (χ1n) is 19.7. The fourth-order valence-corrected chi connectivity index (χ4v) is 7.75. The fraction of sp³-hybridized carbons (Fsp3) is 0.450. The van der Waals surface area contributed by atoms with Crippen molar-refractivity contribution in [1.82, 2.24) is 60.4 Å². The Bertz CT molecular complexity index is 2470. The second-order valence-corrected chi connectivity index (χ2v) is 15.5. The monoisotopic (exact) mass is 792 g/mol. The highest BCUT2D eigenvalue weighted by Crippen LogP contribution is 2.49. The molecular weight excluding hydrogens is 751 g/mol. The number of carbonyl (C=O) groups is 2. The van der Waals surface area contributed by atoms with Crippen LogP contribution >= 0.6 is 0 Å². The van der Waals surface area contributed by atoms with Crippen LogP contribution in [0.4, 0.5) is 8.78 Å². The quantitative estimate of drug-likeness (QED) is 0.121. The molecule has 58 heavy (non-hydrogen) atoms. The maximum absolute atomic E-state index is 13.2. The van der Waals surface area contributed by atoms with Crippen LogP contribution in [-0.2, 0) is 7.05 Å². The molecule has 0 radical (unpaired) electrons. The summed E-state index contributed by atoms with van der Waals surface area (Å²) < 4.78 is 40.4. The van der Waals surface area contributed by atoms with E-state index in [4.69, 9.17) is 24.0 Å². The van der Waals surface area contributed by atoms with E-state index < -0.39 is 30.1 Å². The number of halogens is 2. The number of nitrogens with zero attached hydrogens (tertiary/aromatic N) is 10. The topological polar surface area (TPSA) is 197 Å². The zero-order chi connectivity index (χ0) is 40.1. The molecule has 2 amide bonds. The molecule has 0 aliphatic heterocycles. The standard InChI is InChI=1S/C40H42F2N12O4/c1-20(45-37(55)32-13-15-44-54(32)25-8-5-9-25)40-49-36(52-58-40)24-17-28(22-6-4-7-22)47-30(18-24)27-11-10-26(27)29-16-23(12-14-43-29)35-48-39(57-51-35)21(2)46-38(56)33-19-31(34(41)42)50-53(33)3/h12-22,25-27,34H,4-11H2,1-3H3,(H,45,55)(H,46,56)/t20-,21-,26?,27?/m0/s1. The van der Waals surface area contributed by atoms with Crippen molar-refractivity contribution < 1.29 is 27.4 Å². The molecule has 300 valence electrons. The van der Waals surface area contributed by atoms with Crippen LogP contribution in [0.2, 0.25) is 0 Å². The van der Waals surface area contributed by atoms with Crippen LogP contribution in [0.15, 0.2) is 57.8 Å². The molecule has 2 N–H and O–H groups in total. The summed E-state index contributed by atoms with van der Waals surface area (Å²) in [6.07, 6.45) is 8.89. The molecule has 3 fully saturated rings. The molecule has 0 bridgehead atoms. The summed E-state index contributed by atoms with van der Waals surface area (Å²) >= 11 is 0. The number of amides is 2.